The Hall–Kier alpha value is -1.63. The van der Waals surface area contributed by atoms with E-state index in [1.165, 1.54) is 0 Å². The predicted molar refractivity (Wildman–Crippen MR) is 50.0 cm³/mol. The van der Waals surface area contributed by atoms with Crippen molar-refractivity contribution in [3.8, 4) is 12.1 Å². The SMILES string of the molecule is C[C@@H]1[C@]2(C#N)C(N)=[NH+]C3(OCCO3)[C@]12C#N. The first-order valence-corrected chi connectivity index (χ1v) is 5.13. The Kier molecular flexibility index (Phi) is 1.42. The number of hydrogen-bond acceptors (Lipinski definition) is 5. The molecule has 0 aromatic heterocycles. The largest absolute Gasteiger partial charge is 0.343 e. The molecule has 0 radical (unpaired) electrons. The van der Waals surface area contributed by atoms with E-state index in [-0.39, 0.29) is 11.8 Å². The second-order valence-electron chi connectivity index (χ2n) is 4.41. The van der Waals surface area contributed by atoms with Crippen molar-refractivity contribution in [3.63, 3.8) is 0 Å². The molecule has 3 N–H and O–H groups in total. The summed E-state index contributed by atoms with van der Waals surface area (Å²) in [5, 5.41) is 18.7. The number of hydrogen-bond donors (Lipinski definition) is 2. The summed E-state index contributed by atoms with van der Waals surface area (Å²) in [5.74, 6) is -1.12. The lowest BCUT2D eigenvalue weighted by atomic mass is 9.94. The van der Waals surface area contributed by atoms with E-state index in [0.717, 1.165) is 0 Å². The number of nitriles is 2. The van der Waals surface area contributed by atoms with Gasteiger partial charge < -0.3 is 9.47 Å². The average molecular weight is 219 g/mol. The van der Waals surface area contributed by atoms with Crippen LogP contribution in [0.25, 0.3) is 0 Å². The molecule has 6 nitrogen and oxygen atoms in total. The fourth-order valence-electron chi connectivity index (χ4n) is 3.24. The lowest BCUT2D eigenvalue weighted by Crippen LogP contribution is -2.90. The van der Waals surface area contributed by atoms with Crippen molar-refractivity contribution >= 4 is 5.84 Å². The number of ether oxygens (including phenoxy) is 2. The summed E-state index contributed by atoms with van der Waals surface area (Å²) in [6.45, 7) is 2.63. The lowest BCUT2D eigenvalue weighted by molar-refractivity contribution is -0.677. The quantitative estimate of drug-likeness (QED) is 0.481. The molecule has 0 aromatic carbocycles. The van der Waals surface area contributed by atoms with Crippen molar-refractivity contribution in [1.29, 1.82) is 10.5 Å². The van der Waals surface area contributed by atoms with E-state index >= 15 is 0 Å². The maximum atomic E-state index is 9.41. The Morgan fingerprint density at radius 2 is 2.00 bits per heavy atom. The number of fused-ring (bicyclic) bond motifs is 2. The highest BCUT2D eigenvalue weighted by atomic mass is 16.8. The summed E-state index contributed by atoms with van der Waals surface area (Å²) in [4.78, 5) is 2.85. The zero-order valence-corrected chi connectivity index (χ0v) is 8.78. The summed E-state index contributed by atoms with van der Waals surface area (Å²) in [5.41, 5.74) is 3.84. The van der Waals surface area contributed by atoms with Crippen LogP contribution in [0.3, 0.4) is 0 Å². The van der Waals surface area contributed by atoms with Gasteiger partial charge in [0.2, 0.25) is 0 Å². The van der Waals surface area contributed by atoms with Crippen molar-refractivity contribution in [2.75, 3.05) is 13.2 Å². The first-order valence-electron chi connectivity index (χ1n) is 5.13. The second-order valence-corrected chi connectivity index (χ2v) is 4.41. The number of nitrogens with zero attached hydrogens (tertiary/aromatic N) is 2. The van der Waals surface area contributed by atoms with Gasteiger partial charge in [0, 0.05) is 5.92 Å². The van der Waals surface area contributed by atoms with Gasteiger partial charge in [-0.2, -0.15) is 10.5 Å². The van der Waals surface area contributed by atoms with Gasteiger partial charge in [-0.15, -0.1) is 0 Å². The zero-order valence-electron chi connectivity index (χ0n) is 8.78. The van der Waals surface area contributed by atoms with Gasteiger partial charge >= 0.3 is 5.91 Å². The summed E-state index contributed by atoms with van der Waals surface area (Å²) >= 11 is 0. The Morgan fingerprint density at radius 1 is 1.38 bits per heavy atom. The Morgan fingerprint density at radius 3 is 2.44 bits per heavy atom. The molecule has 16 heavy (non-hydrogen) atoms. The molecule has 0 aromatic rings. The van der Waals surface area contributed by atoms with Crippen LogP contribution >= 0.6 is 0 Å². The van der Waals surface area contributed by atoms with E-state index in [9.17, 15) is 10.5 Å². The van der Waals surface area contributed by atoms with Crippen LogP contribution in [-0.4, -0.2) is 25.0 Å². The average Bonchev–Trinajstić information content (AvgIpc) is 2.61. The summed E-state index contributed by atoms with van der Waals surface area (Å²) in [6.07, 6.45) is 0. The van der Waals surface area contributed by atoms with Crippen molar-refractivity contribution in [3.05, 3.63) is 0 Å². The highest BCUT2D eigenvalue weighted by Crippen LogP contribution is 2.74. The maximum absolute atomic E-state index is 9.41. The van der Waals surface area contributed by atoms with Gasteiger partial charge in [0.1, 0.15) is 0 Å². The monoisotopic (exact) mass is 219 g/mol. The standard InChI is InChI=1S/C10H10N4O2/c1-6-8(4-11)7(13)14-10(9(6,8)5-12)15-2-3-16-10/h6H,2-3H2,1H3,(H2,13,14)/p+1/t6-,8-,9-/m1/s1. The number of nitrogens with two attached hydrogens (primary N) is 1. The van der Waals surface area contributed by atoms with Gasteiger partial charge in [0.05, 0.1) is 25.4 Å². The first-order chi connectivity index (χ1) is 7.61. The Bertz CT molecular complexity index is 482. The van der Waals surface area contributed by atoms with Crippen LogP contribution in [0.1, 0.15) is 6.92 Å². The Labute approximate surface area is 92.3 Å². The van der Waals surface area contributed by atoms with Crippen LogP contribution in [0, 0.1) is 39.4 Å². The van der Waals surface area contributed by atoms with Crippen LogP contribution in [-0.2, 0) is 9.47 Å². The smallest absolute Gasteiger partial charge is 0.311 e. The van der Waals surface area contributed by atoms with Crippen LogP contribution < -0.4 is 10.7 Å². The normalized spacial score (nSPS) is 46.9. The van der Waals surface area contributed by atoms with E-state index in [1.54, 1.807) is 0 Å². The van der Waals surface area contributed by atoms with E-state index in [2.05, 4.69) is 17.1 Å². The lowest BCUT2D eigenvalue weighted by Gasteiger charge is -2.22. The molecule has 1 spiro atoms. The number of rotatable bonds is 0. The highest BCUT2D eigenvalue weighted by Gasteiger charge is 2.95. The topological polar surface area (TPSA) is 106 Å². The maximum Gasteiger partial charge on any atom is 0.343 e. The molecule has 2 fully saturated rings. The zero-order chi connectivity index (χ0) is 11.6. The summed E-state index contributed by atoms with van der Waals surface area (Å²) in [7, 11) is 0. The van der Waals surface area contributed by atoms with Crippen LogP contribution in [0.2, 0.25) is 0 Å². The molecule has 1 saturated carbocycles. The van der Waals surface area contributed by atoms with Crippen LogP contribution in [0.4, 0.5) is 0 Å². The fourth-order valence-corrected chi connectivity index (χ4v) is 3.24. The Balaban J connectivity index is 2.22. The van der Waals surface area contributed by atoms with Gasteiger partial charge in [0.25, 0.3) is 5.84 Å². The van der Waals surface area contributed by atoms with E-state index in [4.69, 9.17) is 15.2 Å². The summed E-state index contributed by atoms with van der Waals surface area (Å²) < 4.78 is 11.0. The van der Waals surface area contributed by atoms with E-state index < -0.39 is 16.7 Å². The molecule has 82 valence electrons. The minimum atomic E-state index is -1.22. The minimum Gasteiger partial charge on any atom is -0.311 e. The van der Waals surface area contributed by atoms with E-state index in [1.807, 2.05) is 6.92 Å². The molecule has 2 aliphatic heterocycles. The number of amidine groups is 1. The first kappa shape index (κ1) is 9.59. The predicted octanol–water partition coefficient (Wildman–Crippen LogP) is -2.19. The molecule has 1 aliphatic carbocycles. The summed E-state index contributed by atoms with van der Waals surface area (Å²) in [6, 6.07) is 4.33. The molecule has 2 heterocycles. The fraction of sp³-hybridized carbons (Fsp3) is 0.700. The highest BCUT2D eigenvalue weighted by molar-refractivity contribution is 5.93. The van der Waals surface area contributed by atoms with Crippen LogP contribution in [0.15, 0.2) is 0 Å². The molecular weight excluding hydrogens is 208 g/mol. The molecule has 0 unspecified atom stereocenters. The van der Waals surface area contributed by atoms with Gasteiger partial charge in [-0.25, -0.2) is 4.99 Å². The van der Waals surface area contributed by atoms with E-state index in [0.29, 0.717) is 13.2 Å². The third-order valence-electron chi connectivity index (χ3n) is 4.13. The molecule has 3 atom stereocenters. The van der Waals surface area contributed by atoms with Crippen molar-refractivity contribution in [2.45, 2.75) is 12.8 Å². The number of nitrogens with one attached hydrogen (secondary N) is 1. The molecular formula is C10H11N4O2+. The van der Waals surface area contributed by atoms with Gasteiger partial charge in [0.15, 0.2) is 10.8 Å². The third kappa shape index (κ3) is 0.583. The third-order valence-corrected chi connectivity index (χ3v) is 4.13. The van der Waals surface area contributed by atoms with Crippen molar-refractivity contribution in [2.24, 2.45) is 22.5 Å². The molecule has 6 heteroatoms. The molecule has 3 rings (SSSR count). The van der Waals surface area contributed by atoms with Gasteiger partial charge in [-0.05, 0) is 0 Å². The molecule has 0 amide bonds. The second kappa shape index (κ2) is 2.37. The molecule has 3 aliphatic rings. The van der Waals surface area contributed by atoms with Crippen LogP contribution in [0.5, 0.6) is 0 Å². The van der Waals surface area contributed by atoms with Crippen molar-refractivity contribution in [1.82, 2.24) is 0 Å². The van der Waals surface area contributed by atoms with Gasteiger partial charge in [-0.3, -0.25) is 5.73 Å². The molecule has 0 bridgehead atoms. The minimum absolute atomic E-state index is 0.186. The van der Waals surface area contributed by atoms with Gasteiger partial charge in [-0.1, -0.05) is 6.92 Å². The molecule has 1 saturated heterocycles. The van der Waals surface area contributed by atoms with Crippen molar-refractivity contribution < 1.29 is 14.5 Å².